The Morgan fingerprint density at radius 2 is 1.77 bits per heavy atom. The Kier molecular flexibility index (Phi) is 3.87. The van der Waals surface area contributed by atoms with Gasteiger partial charge < -0.3 is 9.72 Å². The number of anilines is 1. The van der Waals surface area contributed by atoms with Crippen molar-refractivity contribution < 1.29 is 9.53 Å². The lowest BCUT2D eigenvalue weighted by Crippen LogP contribution is -2.19. The minimum absolute atomic E-state index is 0.151. The van der Waals surface area contributed by atoms with Crippen LogP contribution in [0.1, 0.15) is 5.56 Å². The standard InChI is InChI=1S/C17H14N2O3/c20-16-13-8-4-5-9-14(13)18-10-15(16)19-17(21)22-11-12-6-2-1-3-7-12/h1-10H,11H2,(H,18,20)(H,19,21). The summed E-state index contributed by atoms with van der Waals surface area (Å²) in [6.45, 7) is 0.151. The fourth-order valence-electron chi connectivity index (χ4n) is 2.13. The zero-order chi connectivity index (χ0) is 15.4. The van der Waals surface area contributed by atoms with E-state index in [1.54, 1.807) is 18.2 Å². The highest BCUT2D eigenvalue weighted by Gasteiger charge is 2.09. The number of hydrogen-bond acceptors (Lipinski definition) is 3. The summed E-state index contributed by atoms with van der Waals surface area (Å²) in [6.07, 6.45) is 0.804. The summed E-state index contributed by atoms with van der Waals surface area (Å²) < 4.78 is 5.10. The molecule has 1 aromatic heterocycles. The highest BCUT2D eigenvalue weighted by atomic mass is 16.5. The Morgan fingerprint density at radius 3 is 2.59 bits per heavy atom. The average Bonchev–Trinajstić information content (AvgIpc) is 2.57. The first-order valence-corrected chi connectivity index (χ1v) is 6.82. The van der Waals surface area contributed by atoms with Crippen molar-refractivity contribution in [3.8, 4) is 0 Å². The molecule has 0 aliphatic rings. The predicted molar refractivity (Wildman–Crippen MR) is 84.8 cm³/mol. The summed E-state index contributed by atoms with van der Waals surface area (Å²) in [7, 11) is 0. The van der Waals surface area contributed by atoms with Gasteiger partial charge in [0.25, 0.3) is 0 Å². The predicted octanol–water partition coefficient (Wildman–Crippen LogP) is 3.28. The van der Waals surface area contributed by atoms with Crippen LogP contribution in [-0.2, 0) is 11.3 Å². The molecule has 0 unspecified atom stereocenters. The number of para-hydroxylation sites is 1. The molecule has 0 saturated carbocycles. The highest BCUT2D eigenvalue weighted by molar-refractivity contribution is 5.88. The third kappa shape index (κ3) is 2.98. The number of aromatic amines is 1. The quantitative estimate of drug-likeness (QED) is 0.778. The number of carbonyl (C=O) groups excluding carboxylic acids is 1. The molecule has 5 nitrogen and oxygen atoms in total. The first-order chi connectivity index (χ1) is 10.7. The van der Waals surface area contributed by atoms with Gasteiger partial charge in [0.05, 0.1) is 0 Å². The second-order valence-corrected chi connectivity index (χ2v) is 4.76. The SMILES string of the molecule is O=C(Nc1c[nH]c2ccccc2c1=O)OCc1ccccc1. The smallest absolute Gasteiger partial charge is 0.412 e. The Balaban J connectivity index is 1.72. The molecule has 1 heterocycles. The summed E-state index contributed by atoms with van der Waals surface area (Å²) in [5.74, 6) is 0. The van der Waals surface area contributed by atoms with Gasteiger partial charge in [-0.3, -0.25) is 10.1 Å². The number of benzene rings is 2. The van der Waals surface area contributed by atoms with E-state index in [9.17, 15) is 9.59 Å². The maximum atomic E-state index is 12.2. The summed E-state index contributed by atoms with van der Waals surface area (Å²) in [5.41, 5.74) is 1.52. The second-order valence-electron chi connectivity index (χ2n) is 4.76. The molecule has 0 fully saturated rings. The van der Waals surface area contributed by atoms with E-state index in [2.05, 4.69) is 10.3 Å². The van der Waals surface area contributed by atoms with E-state index in [4.69, 9.17) is 4.74 Å². The van der Waals surface area contributed by atoms with E-state index in [-0.39, 0.29) is 17.7 Å². The van der Waals surface area contributed by atoms with Crippen molar-refractivity contribution in [2.75, 3.05) is 5.32 Å². The molecule has 22 heavy (non-hydrogen) atoms. The highest BCUT2D eigenvalue weighted by Crippen LogP contribution is 2.10. The molecule has 0 radical (unpaired) electrons. The normalized spacial score (nSPS) is 10.4. The molecule has 0 spiro atoms. The van der Waals surface area contributed by atoms with E-state index in [1.165, 1.54) is 6.20 Å². The van der Waals surface area contributed by atoms with Gasteiger partial charge in [0.2, 0.25) is 5.43 Å². The van der Waals surface area contributed by atoms with Gasteiger partial charge in [0.15, 0.2) is 0 Å². The minimum atomic E-state index is -0.662. The molecule has 3 rings (SSSR count). The first kappa shape index (κ1) is 13.9. The molecule has 0 atom stereocenters. The van der Waals surface area contributed by atoms with Crippen molar-refractivity contribution in [3.05, 3.63) is 76.6 Å². The van der Waals surface area contributed by atoms with Crippen LogP contribution in [-0.4, -0.2) is 11.1 Å². The number of carbonyl (C=O) groups is 1. The monoisotopic (exact) mass is 294 g/mol. The molecule has 0 saturated heterocycles. The average molecular weight is 294 g/mol. The van der Waals surface area contributed by atoms with Gasteiger partial charge in [0.1, 0.15) is 12.3 Å². The van der Waals surface area contributed by atoms with Crippen LogP contribution in [0, 0.1) is 0 Å². The van der Waals surface area contributed by atoms with Gasteiger partial charge in [-0.15, -0.1) is 0 Å². The number of rotatable bonds is 3. The Labute approximate surface area is 126 Å². The molecule has 0 aliphatic carbocycles. The van der Waals surface area contributed by atoms with Crippen molar-refractivity contribution in [2.45, 2.75) is 6.61 Å². The fourth-order valence-corrected chi connectivity index (χ4v) is 2.13. The maximum Gasteiger partial charge on any atom is 0.412 e. The molecular weight excluding hydrogens is 280 g/mol. The Morgan fingerprint density at radius 1 is 1.05 bits per heavy atom. The van der Waals surface area contributed by atoms with Crippen LogP contribution < -0.4 is 10.7 Å². The summed E-state index contributed by atoms with van der Waals surface area (Å²) in [5, 5.41) is 2.98. The number of aromatic nitrogens is 1. The second kappa shape index (κ2) is 6.13. The van der Waals surface area contributed by atoms with Gasteiger partial charge in [-0.05, 0) is 17.7 Å². The third-order valence-electron chi connectivity index (χ3n) is 3.24. The van der Waals surface area contributed by atoms with Crippen molar-refractivity contribution in [1.29, 1.82) is 0 Å². The van der Waals surface area contributed by atoms with Crippen LogP contribution in [0.15, 0.2) is 65.6 Å². The van der Waals surface area contributed by atoms with Crippen LogP contribution in [0.3, 0.4) is 0 Å². The number of nitrogens with one attached hydrogen (secondary N) is 2. The van der Waals surface area contributed by atoms with Crippen LogP contribution in [0.25, 0.3) is 10.9 Å². The fraction of sp³-hybridized carbons (Fsp3) is 0.0588. The van der Waals surface area contributed by atoms with Gasteiger partial charge in [-0.25, -0.2) is 4.79 Å². The summed E-state index contributed by atoms with van der Waals surface area (Å²) >= 11 is 0. The molecule has 5 heteroatoms. The molecular formula is C17H14N2O3. The maximum absolute atomic E-state index is 12.2. The van der Waals surface area contributed by atoms with Gasteiger partial charge >= 0.3 is 6.09 Å². The lowest BCUT2D eigenvalue weighted by Gasteiger charge is -2.07. The molecule has 2 N–H and O–H groups in total. The van der Waals surface area contributed by atoms with E-state index in [1.807, 2.05) is 36.4 Å². The third-order valence-corrected chi connectivity index (χ3v) is 3.24. The molecule has 110 valence electrons. The van der Waals surface area contributed by atoms with Crippen molar-refractivity contribution in [2.24, 2.45) is 0 Å². The van der Waals surface area contributed by atoms with E-state index in [0.717, 1.165) is 11.1 Å². The van der Waals surface area contributed by atoms with Crippen molar-refractivity contribution >= 4 is 22.7 Å². The Hall–Kier alpha value is -3.08. The van der Waals surface area contributed by atoms with E-state index >= 15 is 0 Å². The van der Waals surface area contributed by atoms with Crippen molar-refractivity contribution in [1.82, 2.24) is 4.98 Å². The van der Waals surface area contributed by atoms with Crippen LogP contribution in [0.4, 0.5) is 10.5 Å². The van der Waals surface area contributed by atoms with Crippen LogP contribution >= 0.6 is 0 Å². The lowest BCUT2D eigenvalue weighted by molar-refractivity contribution is 0.155. The van der Waals surface area contributed by atoms with Crippen LogP contribution in [0.5, 0.6) is 0 Å². The molecule has 3 aromatic rings. The number of amides is 1. The Bertz CT molecular complexity index is 856. The topological polar surface area (TPSA) is 71.2 Å². The summed E-state index contributed by atoms with van der Waals surface area (Å²) in [4.78, 5) is 27.0. The van der Waals surface area contributed by atoms with Gasteiger partial charge in [-0.1, -0.05) is 42.5 Å². The molecule has 0 aliphatic heterocycles. The van der Waals surface area contributed by atoms with E-state index in [0.29, 0.717) is 5.39 Å². The number of fused-ring (bicyclic) bond motifs is 1. The van der Waals surface area contributed by atoms with Crippen molar-refractivity contribution in [3.63, 3.8) is 0 Å². The minimum Gasteiger partial charge on any atom is -0.444 e. The number of H-pyrrole nitrogens is 1. The summed E-state index contributed by atoms with van der Waals surface area (Å²) in [6, 6.07) is 16.4. The van der Waals surface area contributed by atoms with Gasteiger partial charge in [-0.2, -0.15) is 0 Å². The number of pyridine rings is 1. The zero-order valence-electron chi connectivity index (χ0n) is 11.7. The van der Waals surface area contributed by atoms with Gasteiger partial charge in [0, 0.05) is 17.1 Å². The number of hydrogen-bond donors (Lipinski definition) is 2. The lowest BCUT2D eigenvalue weighted by atomic mass is 10.2. The largest absolute Gasteiger partial charge is 0.444 e. The van der Waals surface area contributed by atoms with E-state index < -0.39 is 6.09 Å². The molecule has 0 bridgehead atoms. The zero-order valence-corrected chi connectivity index (χ0v) is 11.7. The van der Waals surface area contributed by atoms with Crippen LogP contribution in [0.2, 0.25) is 0 Å². The number of ether oxygens (including phenoxy) is 1. The first-order valence-electron chi connectivity index (χ1n) is 6.82. The molecule has 1 amide bonds. The molecule has 2 aromatic carbocycles.